The van der Waals surface area contributed by atoms with Crippen LogP contribution >= 0.6 is 0 Å². The van der Waals surface area contributed by atoms with Gasteiger partial charge >= 0.3 is 5.97 Å². The molecule has 1 rings (SSSR count). The van der Waals surface area contributed by atoms with Crippen LogP contribution in [0.2, 0.25) is 0 Å². The van der Waals surface area contributed by atoms with Crippen LogP contribution in [-0.2, 0) is 20.7 Å². The van der Waals surface area contributed by atoms with Crippen LogP contribution in [-0.4, -0.2) is 43.6 Å². The molecular formula is C20H31NO4. The number of rotatable bonds is 11. The van der Waals surface area contributed by atoms with Crippen LogP contribution in [0.3, 0.4) is 0 Å². The number of methoxy groups -OCH3 is 1. The van der Waals surface area contributed by atoms with E-state index in [9.17, 15) is 9.59 Å². The van der Waals surface area contributed by atoms with Gasteiger partial charge in [0, 0.05) is 19.0 Å². The van der Waals surface area contributed by atoms with E-state index in [0.29, 0.717) is 19.7 Å². The zero-order valence-electron chi connectivity index (χ0n) is 15.9. The topological polar surface area (TPSA) is 55.8 Å². The van der Waals surface area contributed by atoms with Crippen LogP contribution in [0.1, 0.15) is 45.6 Å². The number of amides is 1. The Morgan fingerprint density at radius 3 is 2.20 bits per heavy atom. The van der Waals surface area contributed by atoms with Crippen LogP contribution in [0.5, 0.6) is 5.75 Å². The SMILES string of the molecule is CCOC(=O)CCN(CCc1ccc(OC)cc1)C(=O)C(CC)CC. The van der Waals surface area contributed by atoms with E-state index in [0.717, 1.165) is 30.6 Å². The molecule has 1 aromatic carbocycles. The van der Waals surface area contributed by atoms with Gasteiger partial charge in [-0.3, -0.25) is 9.59 Å². The Morgan fingerprint density at radius 2 is 1.68 bits per heavy atom. The van der Waals surface area contributed by atoms with Crippen molar-refractivity contribution in [3.05, 3.63) is 29.8 Å². The number of esters is 1. The van der Waals surface area contributed by atoms with Gasteiger partial charge in [-0.05, 0) is 43.9 Å². The minimum atomic E-state index is -0.255. The molecule has 0 bridgehead atoms. The third-order valence-electron chi connectivity index (χ3n) is 4.37. The van der Waals surface area contributed by atoms with Crippen molar-refractivity contribution in [3.63, 3.8) is 0 Å². The lowest BCUT2D eigenvalue weighted by atomic mass is 10.0. The van der Waals surface area contributed by atoms with Crippen molar-refractivity contribution in [1.29, 1.82) is 0 Å². The average molecular weight is 349 g/mol. The van der Waals surface area contributed by atoms with E-state index >= 15 is 0 Å². The second-order valence-electron chi connectivity index (χ2n) is 5.99. The maximum Gasteiger partial charge on any atom is 0.307 e. The second-order valence-corrected chi connectivity index (χ2v) is 5.99. The molecule has 5 nitrogen and oxygen atoms in total. The van der Waals surface area contributed by atoms with Gasteiger partial charge in [-0.1, -0.05) is 26.0 Å². The predicted molar refractivity (Wildman–Crippen MR) is 98.6 cm³/mol. The molecule has 0 aliphatic rings. The highest BCUT2D eigenvalue weighted by atomic mass is 16.5. The first kappa shape index (κ1) is 21.0. The molecule has 140 valence electrons. The van der Waals surface area contributed by atoms with Crippen LogP contribution in [0.15, 0.2) is 24.3 Å². The van der Waals surface area contributed by atoms with Crippen LogP contribution < -0.4 is 4.74 Å². The molecule has 0 saturated heterocycles. The lowest BCUT2D eigenvalue weighted by Gasteiger charge is -2.26. The maximum atomic E-state index is 12.8. The van der Waals surface area contributed by atoms with E-state index in [-0.39, 0.29) is 24.2 Å². The van der Waals surface area contributed by atoms with E-state index in [4.69, 9.17) is 9.47 Å². The summed E-state index contributed by atoms with van der Waals surface area (Å²) in [4.78, 5) is 26.2. The highest BCUT2D eigenvalue weighted by Gasteiger charge is 2.22. The van der Waals surface area contributed by atoms with Gasteiger partial charge in [0.05, 0.1) is 20.1 Å². The third kappa shape index (κ3) is 7.16. The second kappa shape index (κ2) is 11.5. The summed E-state index contributed by atoms with van der Waals surface area (Å²) in [5.74, 6) is 0.700. The van der Waals surface area contributed by atoms with Crippen molar-refractivity contribution in [3.8, 4) is 5.75 Å². The highest BCUT2D eigenvalue weighted by Crippen LogP contribution is 2.15. The number of carbonyl (C=O) groups is 2. The molecule has 0 fully saturated rings. The zero-order chi connectivity index (χ0) is 18.7. The molecule has 0 aliphatic heterocycles. The van der Waals surface area contributed by atoms with Crippen LogP contribution in [0.25, 0.3) is 0 Å². The summed E-state index contributed by atoms with van der Waals surface area (Å²) in [6, 6.07) is 7.84. The van der Waals surface area contributed by atoms with Gasteiger partial charge in [-0.25, -0.2) is 0 Å². The first-order valence-corrected chi connectivity index (χ1v) is 9.12. The molecule has 1 aromatic rings. The number of hydrogen-bond acceptors (Lipinski definition) is 4. The third-order valence-corrected chi connectivity index (χ3v) is 4.37. The minimum absolute atomic E-state index is 0.0121. The van der Waals surface area contributed by atoms with Gasteiger partial charge in [-0.15, -0.1) is 0 Å². The number of nitrogens with zero attached hydrogens (tertiary/aromatic N) is 1. The van der Waals surface area contributed by atoms with Crippen molar-refractivity contribution in [2.75, 3.05) is 26.8 Å². The molecule has 0 heterocycles. The Balaban J connectivity index is 2.71. The summed E-state index contributed by atoms with van der Waals surface area (Å²) in [5.41, 5.74) is 1.14. The van der Waals surface area contributed by atoms with E-state index in [1.165, 1.54) is 0 Å². The van der Waals surface area contributed by atoms with E-state index in [1.54, 1.807) is 18.9 Å². The average Bonchev–Trinajstić information content (AvgIpc) is 2.63. The molecule has 25 heavy (non-hydrogen) atoms. The van der Waals surface area contributed by atoms with Crippen molar-refractivity contribution in [1.82, 2.24) is 4.90 Å². The molecule has 5 heteroatoms. The molecule has 0 saturated carbocycles. The fourth-order valence-corrected chi connectivity index (χ4v) is 2.74. The lowest BCUT2D eigenvalue weighted by Crippen LogP contribution is -2.39. The van der Waals surface area contributed by atoms with Crippen molar-refractivity contribution < 1.29 is 19.1 Å². The van der Waals surface area contributed by atoms with E-state index in [2.05, 4.69) is 0 Å². The zero-order valence-corrected chi connectivity index (χ0v) is 15.9. The Hall–Kier alpha value is -2.04. The first-order chi connectivity index (χ1) is 12.0. The highest BCUT2D eigenvalue weighted by molar-refractivity contribution is 5.79. The molecule has 0 spiro atoms. The Bertz CT molecular complexity index is 523. The maximum absolute atomic E-state index is 12.8. The largest absolute Gasteiger partial charge is 0.497 e. The van der Waals surface area contributed by atoms with Crippen LogP contribution in [0.4, 0.5) is 0 Å². The quantitative estimate of drug-likeness (QED) is 0.574. The summed E-state index contributed by atoms with van der Waals surface area (Å²) in [5, 5.41) is 0. The normalized spacial score (nSPS) is 10.6. The number of ether oxygens (including phenoxy) is 2. The number of benzene rings is 1. The smallest absolute Gasteiger partial charge is 0.307 e. The fourth-order valence-electron chi connectivity index (χ4n) is 2.74. The Labute approximate surface area is 151 Å². The summed E-state index contributed by atoms with van der Waals surface area (Å²) in [6.45, 7) is 7.21. The summed E-state index contributed by atoms with van der Waals surface area (Å²) < 4.78 is 10.1. The summed E-state index contributed by atoms with van der Waals surface area (Å²) in [7, 11) is 1.64. The van der Waals surface area contributed by atoms with E-state index in [1.807, 2.05) is 38.1 Å². The van der Waals surface area contributed by atoms with Gasteiger partial charge in [0.25, 0.3) is 0 Å². The fraction of sp³-hybridized carbons (Fsp3) is 0.600. The van der Waals surface area contributed by atoms with Gasteiger partial charge in [0.15, 0.2) is 0 Å². The van der Waals surface area contributed by atoms with Gasteiger partial charge in [0.2, 0.25) is 5.91 Å². The van der Waals surface area contributed by atoms with E-state index < -0.39 is 0 Å². The number of carbonyl (C=O) groups excluding carboxylic acids is 2. The van der Waals surface area contributed by atoms with Crippen LogP contribution in [0, 0.1) is 5.92 Å². The molecular weight excluding hydrogens is 318 g/mol. The standard InChI is InChI=1S/C20H31NO4/c1-5-17(6-2)20(23)21(15-13-19(22)25-7-3)14-12-16-8-10-18(24-4)11-9-16/h8-11,17H,5-7,12-15H2,1-4H3. The molecule has 0 atom stereocenters. The van der Waals surface area contributed by atoms with Crippen molar-refractivity contribution in [2.45, 2.75) is 46.5 Å². The monoisotopic (exact) mass is 349 g/mol. The Kier molecular flexibility index (Phi) is 9.66. The minimum Gasteiger partial charge on any atom is -0.497 e. The van der Waals surface area contributed by atoms with Gasteiger partial charge in [-0.2, -0.15) is 0 Å². The molecule has 1 amide bonds. The number of hydrogen-bond donors (Lipinski definition) is 0. The van der Waals surface area contributed by atoms with Gasteiger partial charge in [0.1, 0.15) is 5.75 Å². The van der Waals surface area contributed by atoms with Crippen molar-refractivity contribution >= 4 is 11.9 Å². The predicted octanol–water partition coefficient (Wildman–Crippen LogP) is 3.46. The lowest BCUT2D eigenvalue weighted by molar-refractivity contribution is -0.144. The molecule has 0 aliphatic carbocycles. The summed E-state index contributed by atoms with van der Waals surface area (Å²) in [6.07, 6.45) is 2.61. The molecule has 0 radical (unpaired) electrons. The first-order valence-electron chi connectivity index (χ1n) is 9.12. The van der Waals surface area contributed by atoms with Crippen molar-refractivity contribution in [2.24, 2.45) is 5.92 Å². The summed E-state index contributed by atoms with van der Waals surface area (Å²) >= 11 is 0. The Morgan fingerprint density at radius 1 is 1.04 bits per heavy atom. The molecule has 0 unspecified atom stereocenters. The molecule has 0 N–H and O–H groups in total. The molecule has 0 aromatic heterocycles. The van der Waals surface area contributed by atoms with Gasteiger partial charge < -0.3 is 14.4 Å².